The van der Waals surface area contributed by atoms with Crippen molar-refractivity contribution in [1.29, 1.82) is 5.26 Å². The molecule has 0 fully saturated rings. The van der Waals surface area contributed by atoms with Gasteiger partial charge in [-0.2, -0.15) is 5.26 Å². The van der Waals surface area contributed by atoms with E-state index < -0.39 is 30.0 Å². The van der Waals surface area contributed by atoms with Crippen LogP contribution < -0.4 is 16.4 Å². The Morgan fingerprint density at radius 1 is 1.14 bits per heavy atom. The van der Waals surface area contributed by atoms with Crippen LogP contribution in [0.3, 0.4) is 0 Å². The van der Waals surface area contributed by atoms with Crippen molar-refractivity contribution in [3.63, 3.8) is 0 Å². The van der Waals surface area contributed by atoms with Crippen LogP contribution in [-0.4, -0.2) is 30.0 Å². The lowest BCUT2D eigenvalue weighted by atomic mass is 10.0. The first kappa shape index (κ1) is 23.0. The molecule has 0 saturated heterocycles. The summed E-state index contributed by atoms with van der Waals surface area (Å²) < 4.78 is 5.15. The van der Waals surface area contributed by atoms with Crippen molar-refractivity contribution in [2.75, 3.05) is 0 Å². The number of nitrogens with one attached hydrogen (secondary N) is 2. The molecule has 0 saturated carbocycles. The number of ether oxygens (including phenoxy) is 1. The molecule has 0 spiro atoms. The highest BCUT2D eigenvalue weighted by Gasteiger charge is 2.28. The van der Waals surface area contributed by atoms with Gasteiger partial charge in [-0.25, -0.2) is 4.79 Å². The highest BCUT2D eigenvalue weighted by Crippen LogP contribution is 2.08. The van der Waals surface area contributed by atoms with Crippen LogP contribution in [0, 0.1) is 17.2 Å². The van der Waals surface area contributed by atoms with E-state index in [1.165, 1.54) is 0 Å². The fraction of sp³-hybridized carbons (Fsp3) is 0.500. The molecule has 0 bridgehead atoms. The second-order valence-corrected chi connectivity index (χ2v) is 6.80. The molecule has 2 atom stereocenters. The number of amides is 3. The highest BCUT2D eigenvalue weighted by atomic mass is 16.5. The highest BCUT2D eigenvalue weighted by molar-refractivity contribution is 5.90. The Morgan fingerprint density at radius 2 is 1.82 bits per heavy atom. The average molecular weight is 388 g/mol. The fourth-order valence-corrected chi connectivity index (χ4v) is 2.53. The molecular formula is C20H28N4O4. The van der Waals surface area contributed by atoms with E-state index in [0.29, 0.717) is 25.7 Å². The molecule has 1 aromatic carbocycles. The summed E-state index contributed by atoms with van der Waals surface area (Å²) in [4.78, 5) is 36.2. The maximum Gasteiger partial charge on any atom is 0.408 e. The van der Waals surface area contributed by atoms with Crippen molar-refractivity contribution in [2.24, 2.45) is 11.7 Å². The van der Waals surface area contributed by atoms with Crippen molar-refractivity contribution in [2.45, 2.75) is 58.2 Å². The molecule has 1 rings (SSSR count). The Labute approximate surface area is 165 Å². The quantitative estimate of drug-likeness (QED) is 0.498. The number of nitrogens with zero attached hydrogens (tertiary/aromatic N) is 1. The number of carbonyl (C=O) groups excluding carboxylic acids is 3. The molecule has 0 radical (unpaired) electrons. The number of rotatable bonds is 11. The van der Waals surface area contributed by atoms with Gasteiger partial charge in [-0.3, -0.25) is 9.59 Å². The lowest BCUT2D eigenvalue weighted by molar-refractivity contribution is -0.129. The molecule has 152 valence electrons. The predicted octanol–water partition coefficient (Wildman–Crippen LogP) is 1.99. The Balaban J connectivity index is 2.59. The Kier molecular flexibility index (Phi) is 10.1. The van der Waals surface area contributed by atoms with E-state index in [1.807, 2.05) is 36.4 Å². The van der Waals surface area contributed by atoms with Gasteiger partial charge >= 0.3 is 6.09 Å². The Morgan fingerprint density at radius 3 is 2.39 bits per heavy atom. The number of primary amides is 1. The van der Waals surface area contributed by atoms with Gasteiger partial charge < -0.3 is 21.1 Å². The van der Waals surface area contributed by atoms with Gasteiger partial charge in [0.25, 0.3) is 0 Å². The predicted molar refractivity (Wildman–Crippen MR) is 104 cm³/mol. The Bertz CT molecular complexity index is 685. The van der Waals surface area contributed by atoms with Crippen LogP contribution in [0.25, 0.3) is 0 Å². The molecule has 0 unspecified atom stereocenters. The second-order valence-electron chi connectivity index (χ2n) is 6.80. The summed E-state index contributed by atoms with van der Waals surface area (Å²) in [5.74, 6) is -1.38. The lowest BCUT2D eigenvalue weighted by Crippen LogP contribution is -2.54. The summed E-state index contributed by atoms with van der Waals surface area (Å²) >= 11 is 0. The normalized spacial score (nSPS) is 12.5. The van der Waals surface area contributed by atoms with Gasteiger partial charge in [0.05, 0.1) is 6.07 Å². The summed E-state index contributed by atoms with van der Waals surface area (Å²) in [5.41, 5.74) is 6.19. The lowest BCUT2D eigenvalue weighted by Gasteiger charge is -2.24. The summed E-state index contributed by atoms with van der Waals surface area (Å²) in [6.45, 7) is 3.63. The first-order valence-corrected chi connectivity index (χ1v) is 9.29. The van der Waals surface area contributed by atoms with Gasteiger partial charge in [-0.1, -0.05) is 44.2 Å². The minimum Gasteiger partial charge on any atom is -0.445 e. The molecule has 4 N–H and O–H groups in total. The molecule has 0 aliphatic rings. The SMILES string of the molecule is CC(C)[C@@H](NC(=O)OCc1ccccc1)C(=O)N[C@H](CCCCC#N)C(N)=O. The van der Waals surface area contributed by atoms with Gasteiger partial charge in [-0.05, 0) is 30.7 Å². The van der Waals surface area contributed by atoms with E-state index in [4.69, 9.17) is 15.7 Å². The number of hydrogen-bond donors (Lipinski definition) is 3. The number of benzene rings is 1. The monoisotopic (exact) mass is 388 g/mol. The molecule has 8 nitrogen and oxygen atoms in total. The molecule has 3 amide bonds. The zero-order valence-electron chi connectivity index (χ0n) is 16.3. The molecule has 0 aromatic heterocycles. The smallest absolute Gasteiger partial charge is 0.408 e. The zero-order chi connectivity index (χ0) is 20.9. The van der Waals surface area contributed by atoms with Crippen LogP contribution in [0.5, 0.6) is 0 Å². The summed E-state index contributed by atoms with van der Waals surface area (Å²) in [6, 6.07) is 9.48. The van der Waals surface area contributed by atoms with Crippen LogP contribution in [0.1, 0.15) is 45.1 Å². The molecule has 8 heteroatoms. The molecule has 28 heavy (non-hydrogen) atoms. The van der Waals surface area contributed by atoms with Gasteiger partial charge in [0, 0.05) is 6.42 Å². The summed E-state index contributed by atoms with van der Waals surface area (Å²) in [6.07, 6.45) is 1.20. The number of carbonyl (C=O) groups is 3. The number of nitrogens with two attached hydrogens (primary N) is 1. The average Bonchev–Trinajstić information content (AvgIpc) is 2.67. The first-order valence-electron chi connectivity index (χ1n) is 9.29. The minimum absolute atomic E-state index is 0.0852. The molecular weight excluding hydrogens is 360 g/mol. The van der Waals surface area contributed by atoms with Crippen LogP contribution in [-0.2, 0) is 20.9 Å². The third-order valence-electron chi connectivity index (χ3n) is 4.13. The van der Waals surface area contributed by atoms with Gasteiger partial charge in [0.1, 0.15) is 18.7 Å². The van der Waals surface area contributed by atoms with Crippen molar-refractivity contribution >= 4 is 17.9 Å². The van der Waals surface area contributed by atoms with E-state index >= 15 is 0 Å². The molecule has 0 aliphatic heterocycles. The van der Waals surface area contributed by atoms with Crippen LogP contribution >= 0.6 is 0 Å². The van der Waals surface area contributed by atoms with Crippen LogP contribution in [0.2, 0.25) is 0 Å². The van der Waals surface area contributed by atoms with Gasteiger partial charge in [-0.15, -0.1) is 0 Å². The van der Waals surface area contributed by atoms with Crippen molar-refractivity contribution in [3.8, 4) is 6.07 Å². The van der Waals surface area contributed by atoms with E-state index in [1.54, 1.807) is 13.8 Å². The van der Waals surface area contributed by atoms with E-state index in [2.05, 4.69) is 10.6 Å². The maximum absolute atomic E-state index is 12.6. The van der Waals surface area contributed by atoms with Gasteiger partial charge in [0.15, 0.2) is 0 Å². The first-order chi connectivity index (χ1) is 13.3. The van der Waals surface area contributed by atoms with Gasteiger partial charge in [0.2, 0.25) is 11.8 Å². The van der Waals surface area contributed by atoms with E-state index in [9.17, 15) is 14.4 Å². The minimum atomic E-state index is -0.871. The third-order valence-corrected chi connectivity index (χ3v) is 4.13. The number of nitriles is 1. The number of hydrogen-bond acceptors (Lipinski definition) is 5. The van der Waals surface area contributed by atoms with E-state index in [-0.39, 0.29) is 12.5 Å². The number of alkyl carbamates (subject to hydrolysis) is 1. The third kappa shape index (κ3) is 8.54. The van der Waals surface area contributed by atoms with Crippen molar-refractivity contribution < 1.29 is 19.1 Å². The Hall–Kier alpha value is -3.08. The standard InChI is InChI=1S/C20H28N4O4/c1-14(2)17(24-20(27)28-13-15-9-5-3-6-10-15)19(26)23-16(18(22)25)11-7-4-8-12-21/h3,5-6,9-10,14,16-17H,4,7-8,11,13H2,1-2H3,(H2,22,25)(H,23,26)(H,24,27)/t16-,17-/m1/s1. The zero-order valence-corrected chi connectivity index (χ0v) is 16.3. The van der Waals surface area contributed by atoms with Crippen LogP contribution in [0.15, 0.2) is 30.3 Å². The largest absolute Gasteiger partial charge is 0.445 e. The van der Waals surface area contributed by atoms with Crippen molar-refractivity contribution in [1.82, 2.24) is 10.6 Å². The topological polar surface area (TPSA) is 134 Å². The molecule has 0 aliphatic carbocycles. The maximum atomic E-state index is 12.6. The van der Waals surface area contributed by atoms with E-state index in [0.717, 1.165) is 5.56 Å². The molecule has 0 heterocycles. The number of unbranched alkanes of at least 4 members (excludes halogenated alkanes) is 2. The van der Waals surface area contributed by atoms with Crippen molar-refractivity contribution in [3.05, 3.63) is 35.9 Å². The fourth-order valence-electron chi connectivity index (χ4n) is 2.53. The second kappa shape index (κ2) is 12.3. The summed E-state index contributed by atoms with van der Waals surface area (Å²) in [7, 11) is 0. The summed E-state index contributed by atoms with van der Waals surface area (Å²) in [5, 5.41) is 13.7. The molecule has 1 aromatic rings. The van der Waals surface area contributed by atoms with Crippen LogP contribution in [0.4, 0.5) is 4.79 Å².